The number of rotatable bonds is 9. The summed E-state index contributed by atoms with van der Waals surface area (Å²) in [6.07, 6.45) is 14.5. The van der Waals surface area contributed by atoms with E-state index in [0.29, 0.717) is 0 Å². The minimum atomic E-state index is 0.788. The van der Waals surface area contributed by atoms with Crippen LogP contribution in [-0.4, -0.2) is 0 Å². The Morgan fingerprint density at radius 3 is 2.36 bits per heavy atom. The lowest BCUT2D eigenvalue weighted by atomic mass is 9.98. The van der Waals surface area contributed by atoms with Crippen LogP contribution < -0.4 is 0 Å². The molecule has 0 aliphatic carbocycles. The van der Waals surface area contributed by atoms with Gasteiger partial charge in [-0.3, -0.25) is 0 Å². The lowest BCUT2D eigenvalue weighted by molar-refractivity contribution is 0.546. The fourth-order valence-electron chi connectivity index (χ4n) is 1.57. The third kappa shape index (κ3) is 8.34. The smallest absolute Gasteiger partial charge is 0.0236 e. The molecule has 82 valence electrons. The number of unbranched alkanes of at least 4 members (excludes halogenated alkanes) is 4. The van der Waals surface area contributed by atoms with Crippen LogP contribution in [-0.2, 0) is 0 Å². The third-order valence-electron chi connectivity index (χ3n) is 2.63. The summed E-state index contributed by atoms with van der Waals surface area (Å²) in [5, 5.41) is 0. The van der Waals surface area contributed by atoms with Gasteiger partial charge in [0.2, 0.25) is 0 Å². The first kappa shape index (κ1) is 13.7. The van der Waals surface area contributed by atoms with Gasteiger partial charge in [0.05, 0.1) is 0 Å². The first-order valence-electron chi connectivity index (χ1n) is 6.10. The standard InChI is InChI=1S/C14H26/c1-4-7-9-10-11-13-14(6-3)12-8-5-2/h11,13-14H,1-2,4-10,12H2,3H3/b13-11+. The lowest BCUT2D eigenvalue weighted by Gasteiger charge is -2.08. The molecule has 0 amide bonds. The minimum absolute atomic E-state index is 0.788. The van der Waals surface area contributed by atoms with Crippen molar-refractivity contribution in [2.45, 2.75) is 58.3 Å². The van der Waals surface area contributed by atoms with Gasteiger partial charge in [-0.25, -0.2) is 0 Å². The van der Waals surface area contributed by atoms with E-state index in [1.54, 1.807) is 0 Å². The van der Waals surface area contributed by atoms with Crippen LogP contribution in [0.1, 0.15) is 58.3 Å². The molecule has 0 nitrogen and oxygen atoms in total. The van der Waals surface area contributed by atoms with Crippen molar-refractivity contribution in [1.29, 1.82) is 0 Å². The van der Waals surface area contributed by atoms with Gasteiger partial charge >= 0.3 is 0 Å². The van der Waals surface area contributed by atoms with Crippen LogP contribution in [0.2, 0.25) is 0 Å². The maximum Gasteiger partial charge on any atom is -0.0236 e. The van der Waals surface area contributed by atoms with Crippen LogP contribution in [0.15, 0.2) is 12.2 Å². The van der Waals surface area contributed by atoms with Crippen molar-refractivity contribution >= 4 is 0 Å². The monoisotopic (exact) mass is 194 g/mol. The van der Waals surface area contributed by atoms with E-state index < -0.39 is 0 Å². The number of hydrogen-bond donors (Lipinski definition) is 0. The zero-order chi connectivity index (χ0) is 10.6. The summed E-state index contributed by atoms with van der Waals surface area (Å²) in [5.74, 6) is 0.788. The topological polar surface area (TPSA) is 0 Å². The lowest BCUT2D eigenvalue weighted by Crippen LogP contribution is -1.93. The van der Waals surface area contributed by atoms with E-state index in [4.69, 9.17) is 0 Å². The Kier molecular flexibility index (Phi) is 10.6. The molecule has 0 saturated carbocycles. The Bertz CT molecular complexity index is 124. The van der Waals surface area contributed by atoms with Crippen LogP contribution in [0, 0.1) is 19.8 Å². The first-order valence-corrected chi connectivity index (χ1v) is 6.10. The first-order chi connectivity index (χ1) is 6.85. The van der Waals surface area contributed by atoms with E-state index in [0.717, 1.165) is 18.8 Å². The Hall–Kier alpha value is -0.260. The van der Waals surface area contributed by atoms with Gasteiger partial charge in [-0.2, -0.15) is 0 Å². The molecule has 0 aliphatic heterocycles. The van der Waals surface area contributed by atoms with Crippen molar-refractivity contribution in [1.82, 2.24) is 0 Å². The molecular weight excluding hydrogens is 168 g/mol. The fourth-order valence-corrected chi connectivity index (χ4v) is 1.57. The Balaban J connectivity index is 3.47. The zero-order valence-corrected chi connectivity index (χ0v) is 9.80. The second-order valence-electron chi connectivity index (χ2n) is 3.94. The molecule has 0 aromatic heterocycles. The predicted molar refractivity (Wildman–Crippen MR) is 66.0 cm³/mol. The largest absolute Gasteiger partial charge is 0.0883 e. The number of hydrogen-bond acceptors (Lipinski definition) is 0. The average molecular weight is 194 g/mol. The molecule has 0 aliphatic rings. The van der Waals surface area contributed by atoms with Crippen LogP contribution in [0.25, 0.3) is 0 Å². The highest BCUT2D eigenvalue weighted by Crippen LogP contribution is 2.14. The van der Waals surface area contributed by atoms with E-state index in [1.807, 2.05) is 0 Å². The maximum atomic E-state index is 3.88. The highest BCUT2D eigenvalue weighted by atomic mass is 14.0. The van der Waals surface area contributed by atoms with Gasteiger partial charge < -0.3 is 0 Å². The van der Waals surface area contributed by atoms with Crippen molar-refractivity contribution in [3.05, 3.63) is 26.0 Å². The maximum absolute atomic E-state index is 3.88. The van der Waals surface area contributed by atoms with Gasteiger partial charge in [-0.15, -0.1) is 0 Å². The molecule has 1 unspecified atom stereocenters. The summed E-state index contributed by atoms with van der Waals surface area (Å²) in [7, 11) is 0. The van der Waals surface area contributed by atoms with E-state index in [1.165, 1.54) is 38.5 Å². The van der Waals surface area contributed by atoms with E-state index >= 15 is 0 Å². The quantitative estimate of drug-likeness (QED) is 0.359. The van der Waals surface area contributed by atoms with Crippen molar-refractivity contribution < 1.29 is 0 Å². The molecule has 0 bridgehead atoms. The van der Waals surface area contributed by atoms with Crippen molar-refractivity contribution in [3.8, 4) is 0 Å². The highest BCUT2D eigenvalue weighted by Gasteiger charge is 1.99. The Morgan fingerprint density at radius 2 is 1.79 bits per heavy atom. The molecule has 0 rings (SSSR count). The molecule has 0 spiro atoms. The van der Waals surface area contributed by atoms with Gasteiger partial charge in [0.25, 0.3) is 0 Å². The molecule has 0 heterocycles. The normalized spacial score (nSPS) is 13.6. The fraction of sp³-hybridized carbons (Fsp3) is 0.714. The van der Waals surface area contributed by atoms with E-state index in [9.17, 15) is 0 Å². The predicted octanol–water partition coefficient (Wildman–Crippen LogP) is 4.97. The van der Waals surface area contributed by atoms with Gasteiger partial charge in [-0.05, 0) is 31.6 Å². The molecule has 0 heteroatoms. The third-order valence-corrected chi connectivity index (χ3v) is 2.63. The summed E-state index contributed by atoms with van der Waals surface area (Å²) in [6.45, 7) is 10.00. The van der Waals surface area contributed by atoms with Crippen LogP contribution in [0.3, 0.4) is 0 Å². The molecule has 0 fully saturated rings. The van der Waals surface area contributed by atoms with Crippen molar-refractivity contribution in [2.75, 3.05) is 0 Å². The molecule has 0 aromatic rings. The Labute approximate surface area is 90.8 Å². The summed E-state index contributed by atoms with van der Waals surface area (Å²) in [4.78, 5) is 0. The molecule has 1 atom stereocenters. The molecule has 14 heavy (non-hydrogen) atoms. The summed E-state index contributed by atoms with van der Waals surface area (Å²) < 4.78 is 0. The second-order valence-corrected chi connectivity index (χ2v) is 3.94. The van der Waals surface area contributed by atoms with Gasteiger partial charge in [-0.1, -0.05) is 58.6 Å². The summed E-state index contributed by atoms with van der Waals surface area (Å²) >= 11 is 0. The van der Waals surface area contributed by atoms with Crippen LogP contribution in [0.5, 0.6) is 0 Å². The molecule has 2 radical (unpaired) electrons. The van der Waals surface area contributed by atoms with Gasteiger partial charge in [0, 0.05) is 0 Å². The molecular formula is C14H26. The molecule has 0 N–H and O–H groups in total. The average Bonchev–Trinajstić information content (AvgIpc) is 2.22. The van der Waals surface area contributed by atoms with Crippen molar-refractivity contribution in [2.24, 2.45) is 5.92 Å². The van der Waals surface area contributed by atoms with Crippen LogP contribution in [0.4, 0.5) is 0 Å². The minimum Gasteiger partial charge on any atom is -0.0883 e. The zero-order valence-electron chi connectivity index (χ0n) is 9.80. The van der Waals surface area contributed by atoms with Gasteiger partial charge in [0.1, 0.15) is 0 Å². The van der Waals surface area contributed by atoms with E-state index in [2.05, 4.69) is 32.9 Å². The summed E-state index contributed by atoms with van der Waals surface area (Å²) in [6, 6.07) is 0. The highest BCUT2D eigenvalue weighted by molar-refractivity contribution is 4.87. The van der Waals surface area contributed by atoms with Crippen molar-refractivity contribution in [3.63, 3.8) is 0 Å². The van der Waals surface area contributed by atoms with Crippen LogP contribution >= 0.6 is 0 Å². The van der Waals surface area contributed by atoms with Gasteiger partial charge in [0.15, 0.2) is 0 Å². The number of allylic oxidation sites excluding steroid dienone is 2. The van der Waals surface area contributed by atoms with E-state index in [-0.39, 0.29) is 0 Å². The SMILES string of the molecule is [CH2]CCCC/C=C/C(CC)CCC[CH2]. The second kappa shape index (κ2) is 10.8. The summed E-state index contributed by atoms with van der Waals surface area (Å²) in [5.41, 5.74) is 0. The molecule has 0 saturated heterocycles. The Morgan fingerprint density at radius 1 is 1.07 bits per heavy atom. The molecule has 0 aromatic carbocycles.